The van der Waals surface area contributed by atoms with Gasteiger partial charge >= 0.3 is 0 Å². The molecule has 0 aliphatic rings. The topological polar surface area (TPSA) is 51.8 Å². The Morgan fingerprint density at radius 3 is 2.67 bits per heavy atom. The first-order chi connectivity index (χ1) is 9.86. The van der Waals surface area contributed by atoms with Gasteiger partial charge < -0.3 is 5.73 Å². The van der Waals surface area contributed by atoms with Crippen molar-refractivity contribution in [1.82, 2.24) is 9.97 Å². The minimum absolute atomic E-state index is 0.354. The Balaban J connectivity index is 2.33. The van der Waals surface area contributed by atoms with Crippen LogP contribution < -0.4 is 5.73 Å². The molecule has 0 atom stereocenters. The zero-order chi connectivity index (χ0) is 15.6. The van der Waals surface area contributed by atoms with Crippen LogP contribution in [0.5, 0.6) is 0 Å². The van der Waals surface area contributed by atoms with Crippen molar-refractivity contribution in [3.8, 4) is 0 Å². The summed E-state index contributed by atoms with van der Waals surface area (Å²) < 4.78 is 14.0. The van der Waals surface area contributed by atoms with Crippen molar-refractivity contribution in [2.45, 2.75) is 26.7 Å². The second-order valence-electron chi connectivity index (χ2n) is 5.30. The summed E-state index contributed by atoms with van der Waals surface area (Å²) in [4.78, 5) is 8.89. The summed E-state index contributed by atoms with van der Waals surface area (Å²) in [6.07, 6.45) is 1.28. The van der Waals surface area contributed by atoms with Crippen LogP contribution in [0.15, 0.2) is 18.2 Å². The van der Waals surface area contributed by atoms with Crippen molar-refractivity contribution in [3.63, 3.8) is 0 Å². The smallest absolute Gasteiger partial charge is 0.140 e. The molecule has 112 valence electrons. The summed E-state index contributed by atoms with van der Waals surface area (Å²) in [6, 6.07) is 4.32. The van der Waals surface area contributed by atoms with Gasteiger partial charge in [0.15, 0.2) is 0 Å². The maximum Gasteiger partial charge on any atom is 0.140 e. The Kier molecular flexibility index (Phi) is 5.37. The minimum atomic E-state index is -0.354. The van der Waals surface area contributed by atoms with Gasteiger partial charge in [-0.3, -0.25) is 0 Å². The highest BCUT2D eigenvalue weighted by molar-refractivity contribution is 14.1. The van der Waals surface area contributed by atoms with Crippen LogP contribution in [0.2, 0.25) is 5.02 Å². The third-order valence-corrected chi connectivity index (χ3v) is 4.48. The van der Waals surface area contributed by atoms with Crippen molar-refractivity contribution < 1.29 is 4.39 Å². The average Bonchev–Trinajstić information content (AvgIpc) is 2.38. The van der Waals surface area contributed by atoms with Gasteiger partial charge in [0.25, 0.3) is 0 Å². The lowest BCUT2D eigenvalue weighted by Gasteiger charge is -2.11. The van der Waals surface area contributed by atoms with Gasteiger partial charge in [-0.1, -0.05) is 31.5 Å². The lowest BCUT2D eigenvalue weighted by atomic mass is 10.1. The molecule has 2 rings (SSSR count). The minimum Gasteiger partial charge on any atom is -0.383 e. The van der Waals surface area contributed by atoms with Gasteiger partial charge in [0, 0.05) is 11.4 Å². The summed E-state index contributed by atoms with van der Waals surface area (Å²) in [5.74, 6) is 1.22. The highest BCUT2D eigenvalue weighted by Gasteiger charge is 2.13. The van der Waals surface area contributed by atoms with Gasteiger partial charge in [0.2, 0.25) is 0 Å². The van der Waals surface area contributed by atoms with E-state index in [1.807, 2.05) is 0 Å². The molecule has 21 heavy (non-hydrogen) atoms. The molecule has 0 aliphatic heterocycles. The normalized spacial score (nSPS) is 11.1. The highest BCUT2D eigenvalue weighted by atomic mass is 127. The van der Waals surface area contributed by atoms with E-state index >= 15 is 0 Å². The molecule has 0 unspecified atom stereocenters. The van der Waals surface area contributed by atoms with E-state index in [-0.39, 0.29) is 5.82 Å². The van der Waals surface area contributed by atoms with E-state index in [1.165, 1.54) is 12.1 Å². The third-order valence-electron chi connectivity index (χ3n) is 2.96. The third kappa shape index (κ3) is 4.26. The summed E-state index contributed by atoms with van der Waals surface area (Å²) in [5, 5.41) is 0.376. The first kappa shape index (κ1) is 16.4. The predicted molar refractivity (Wildman–Crippen MR) is 91.9 cm³/mol. The fourth-order valence-electron chi connectivity index (χ4n) is 2.00. The maximum absolute atomic E-state index is 13.1. The molecule has 1 heterocycles. The van der Waals surface area contributed by atoms with Crippen molar-refractivity contribution in [1.29, 1.82) is 0 Å². The summed E-state index contributed by atoms with van der Waals surface area (Å²) in [7, 11) is 0. The first-order valence-corrected chi connectivity index (χ1v) is 8.07. The molecular weight excluding hydrogens is 404 g/mol. The van der Waals surface area contributed by atoms with Crippen LogP contribution in [0, 0.1) is 15.3 Å². The maximum atomic E-state index is 13.1. The molecule has 6 heteroatoms. The van der Waals surface area contributed by atoms with E-state index in [2.05, 4.69) is 46.4 Å². The molecule has 0 bridgehead atoms. The fourth-order valence-corrected chi connectivity index (χ4v) is 2.70. The lowest BCUT2D eigenvalue weighted by Crippen LogP contribution is -2.10. The van der Waals surface area contributed by atoms with Crippen molar-refractivity contribution in [3.05, 3.63) is 49.7 Å². The van der Waals surface area contributed by atoms with Crippen LogP contribution in [0.4, 0.5) is 10.2 Å². The standard InChI is InChI=1S/C15H16ClFIN3/c1-8(2)5-12-14(18)15(19)21-13(20-12)6-9-3-4-10(17)7-11(9)16/h3-4,7-8H,5-6H2,1-2H3,(H2,19,20,21). The molecule has 0 saturated carbocycles. The van der Waals surface area contributed by atoms with Crippen molar-refractivity contribution in [2.24, 2.45) is 5.92 Å². The zero-order valence-electron chi connectivity index (χ0n) is 11.8. The second kappa shape index (κ2) is 6.87. The quantitative estimate of drug-likeness (QED) is 0.754. The molecule has 1 aromatic carbocycles. The average molecular weight is 420 g/mol. The van der Waals surface area contributed by atoms with Gasteiger partial charge in [0.05, 0.1) is 9.26 Å². The number of halogens is 3. The van der Waals surface area contributed by atoms with E-state index in [1.54, 1.807) is 6.07 Å². The summed E-state index contributed by atoms with van der Waals surface area (Å²) in [5.41, 5.74) is 7.70. The Labute approximate surface area is 142 Å². The van der Waals surface area contributed by atoms with Crippen LogP contribution in [0.3, 0.4) is 0 Å². The lowest BCUT2D eigenvalue weighted by molar-refractivity contribution is 0.625. The van der Waals surface area contributed by atoms with Gasteiger partial charge in [-0.25, -0.2) is 14.4 Å². The number of anilines is 1. The monoisotopic (exact) mass is 419 g/mol. The van der Waals surface area contributed by atoms with Gasteiger partial charge in [-0.2, -0.15) is 0 Å². The Bertz CT molecular complexity index is 662. The number of benzene rings is 1. The number of aromatic nitrogens is 2. The van der Waals surface area contributed by atoms with Gasteiger partial charge in [-0.05, 0) is 52.6 Å². The number of rotatable bonds is 4. The molecular formula is C15H16ClFIN3. The van der Waals surface area contributed by atoms with Gasteiger partial charge in [-0.15, -0.1) is 0 Å². The van der Waals surface area contributed by atoms with E-state index in [9.17, 15) is 4.39 Å². The highest BCUT2D eigenvalue weighted by Crippen LogP contribution is 2.23. The Hall–Kier alpha value is -0.950. The van der Waals surface area contributed by atoms with Crippen LogP contribution in [0.25, 0.3) is 0 Å². The molecule has 2 N–H and O–H groups in total. The fraction of sp³-hybridized carbons (Fsp3) is 0.333. The van der Waals surface area contributed by atoms with E-state index in [0.29, 0.717) is 29.0 Å². The van der Waals surface area contributed by atoms with Crippen LogP contribution >= 0.6 is 34.2 Å². The number of nitrogens with two attached hydrogens (primary N) is 1. The zero-order valence-corrected chi connectivity index (χ0v) is 14.7. The molecule has 0 fully saturated rings. The first-order valence-electron chi connectivity index (χ1n) is 6.61. The van der Waals surface area contributed by atoms with E-state index in [4.69, 9.17) is 17.3 Å². The van der Waals surface area contributed by atoms with Crippen molar-refractivity contribution >= 4 is 40.0 Å². The summed E-state index contributed by atoms with van der Waals surface area (Å²) in [6.45, 7) is 4.26. The van der Waals surface area contributed by atoms with Crippen LogP contribution in [-0.4, -0.2) is 9.97 Å². The number of hydrogen-bond donors (Lipinski definition) is 1. The van der Waals surface area contributed by atoms with Crippen molar-refractivity contribution in [2.75, 3.05) is 5.73 Å². The van der Waals surface area contributed by atoms with Crippen LogP contribution in [0.1, 0.15) is 30.9 Å². The molecule has 0 aliphatic carbocycles. The molecule has 2 aromatic rings. The second-order valence-corrected chi connectivity index (χ2v) is 6.78. The molecule has 0 spiro atoms. The predicted octanol–water partition coefficient (Wildman–Crippen LogP) is 4.25. The Morgan fingerprint density at radius 2 is 2.05 bits per heavy atom. The molecule has 0 saturated heterocycles. The SMILES string of the molecule is CC(C)Cc1nc(Cc2ccc(F)cc2Cl)nc(N)c1I. The summed E-state index contributed by atoms with van der Waals surface area (Å²) >= 11 is 8.22. The van der Waals surface area contributed by atoms with Gasteiger partial charge in [0.1, 0.15) is 17.5 Å². The van der Waals surface area contributed by atoms with E-state index < -0.39 is 0 Å². The molecule has 0 amide bonds. The largest absolute Gasteiger partial charge is 0.383 e. The number of nitrogen functional groups attached to an aromatic ring is 1. The molecule has 0 radical (unpaired) electrons. The van der Waals surface area contributed by atoms with E-state index in [0.717, 1.165) is 21.2 Å². The number of nitrogens with zero attached hydrogens (tertiary/aromatic N) is 2. The number of hydrogen-bond acceptors (Lipinski definition) is 3. The molecule has 3 nitrogen and oxygen atoms in total. The molecule has 1 aromatic heterocycles. The Morgan fingerprint density at radius 1 is 1.33 bits per heavy atom. The van der Waals surface area contributed by atoms with Crippen LogP contribution in [-0.2, 0) is 12.8 Å².